The van der Waals surface area contributed by atoms with Gasteiger partial charge in [-0.25, -0.2) is 4.98 Å². The fourth-order valence-corrected chi connectivity index (χ4v) is 4.62. The van der Waals surface area contributed by atoms with Crippen LogP contribution in [0.4, 0.5) is 5.82 Å². The van der Waals surface area contributed by atoms with Crippen LogP contribution in [-0.4, -0.2) is 63.2 Å². The summed E-state index contributed by atoms with van der Waals surface area (Å²) >= 11 is 0. The smallest absolute Gasteiger partial charge is 0.318 e. The number of aromatic nitrogens is 4. The molecule has 8 heteroatoms. The van der Waals surface area contributed by atoms with Crippen molar-refractivity contribution in [3.63, 3.8) is 0 Å². The van der Waals surface area contributed by atoms with Gasteiger partial charge in [0.05, 0.1) is 24.3 Å². The van der Waals surface area contributed by atoms with E-state index >= 15 is 0 Å². The first-order valence-electron chi connectivity index (χ1n) is 10.4. The van der Waals surface area contributed by atoms with Crippen molar-refractivity contribution in [3.8, 4) is 6.01 Å². The number of likely N-dealkylation sites (N-methyl/N-ethyl adjacent to an activating group) is 1. The van der Waals surface area contributed by atoms with E-state index in [1.165, 1.54) is 24.1 Å². The molecule has 0 aromatic carbocycles. The van der Waals surface area contributed by atoms with Gasteiger partial charge < -0.3 is 24.4 Å². The lowest BCUT2D eigenvalue weighted by atomic mass is 10.0. The SMILES string of the molecule is C[C@@H]1Cn2cncc2CN1c1nc(OC[C@@H]2CCCN2C)nc2c1CCNC2. The van der Waals surface area contributed by atoms with E-state index in [-0.39, 0.29) is 0 Å². The number of imidazole rings is 1. The number of anilines is 1. The molecule has 5 rings (SSSR count). The lowest BCUT2D eigenvalue weighted by molar-refractivity contribution is 0.187. The lowest BCUT2D eigenvalue weighted by Gasteiger charge is -2.37. The molecule has 1 N–H and O–H groups in total. The number of ether oxygens (including phenoxy) is 1. The second kappa shape index (κ2) is 7.33. The van der Waals surface area contributed by atoms with Gasteiger partial charge in [0, 0.05) is 36.9 Å². The van der Waals surface area contributed by atoms with Crippen molar-refractivity contribution < 1.29 is 4.74 Å². The summed E-state index contributed by atoms with van der Waals surface area (Å²) in [5.74, 6) is 1.04. The topological polar surface area (TPSA) is 71.3 Å². The Labute approximate surface area is 165 Å². The van der Waals surface area contributed by atoms with Crippen LogP contribution < -0.4 is 15.0 Å². The number of nitrogens with one attached hydrogen (secondary N) is 1. The van der Waals surface area contributed by atoms with E-state index in [2.05, 4.69) is 38.6 Å². The summed E-state index contributed by atoms with van der Waals surface area (Å²) in [6.07, 6.45) is 7.27. The van der Waals surface area contributed by atoms with Crippen LogP contribution in [0.5, 0.6) is 6.01 Å². The Bertz CT molecular complexity index is 851. The molecule has 5 heterocycles. The van der Waals surface area contributed by atoms with Gasteiger partial charge >= 0.3 is 6.01 Å². The molecule has 0 bridgehead atoms. The number of rotatable bonds is 4. The third-order valence-corrected chi connectivity index (χ3v) is 6.37. The number of likely N-dealkylation sites (tertiary alicyclic amines) is 1. The van der Waals surface area contributed by atoms with Gasteiger partial charge in [-0.2, -0.15) is 9.97 Å². The molecule has 1 saturated heterocycles. The first-order chi connectivity index (χ1) is 13.7. The lowest BCUT2D eigenvalue weighted by Crippen LogP contribution is -2.42. The van der Waals surface area contributed by atoms with Gasteiger partial charge in [0.2, 0.25) is 0 Å². The quantitative estimate of drug-likeness (QED) is 0.851. The van der Waals surface area contributed by atoms with Crippen LogP contribution in [0.25, 0.3) is 0 Å². The monoisotopic (exact) mass is 383 g/mol. The van der Waals surface area contributed by atoms with Crippen molar-refractivity contribution in [1.82, 2.24) is 29.7 Å². The largest absolute Gasteiger partial charge is 0.462 e. The zero-order chi connectivity index (χ0) is 19.1. The van der Waals surface area contributed by atoms with Gasteiger partial charge in [-0.3, -0.25) is 0 Å². The maximum atomic E-state index is 6.11. The van der Waals surface area contributed by atoms with Crippen LogP contribution in [0.15, 0.2) is 12.5 Å². The van der Waals surface area contributed by atoms with E-state index < -0.39 is 0 Å². The zero-order valence-electron chi connectivity index (χ0n) is 16.8. The summed E-state index contributed by atoms with van der Waals surface area (Å²) in [6.45, 7) is 7.56. The molecule has 2 aromatic rings. The summed E-state index contributed by atoms with van der Waals surface area (Å²) in [7, 11) is 2.17. The van der Waals surface area contributed by atoms with Crippen molar-refractivity contribution in [2.45, 2.75) is 57.9 Å². The van der Waals surface area contributed by atoms with Crippen molar-refractivity contribution in [2.24, 2.45) is 0 Å². The molecule has 0 amide bonds. The minimum atomic E-state index is 0.351. The third kappa shape index (κ3) is 3.24. The minimum absolute atomic E-state index is 0.351. The van der Waals surface area contributed by atoms with Gasteiger partial charge in [-0.15, -0.1) is 0 Å². The molecule has 0 aliphatic carbocycles. The molecule has 0 unspecified atom stereocenters. The zero-order valence-corrected chi connectivity index (χ0v) is 16.8. The van der Waals surface area contributed by atoms with Crippen LogP contribution >= 0.6 is 0 Å². The molecule has 0 saturated carbocycles. The summed E-state index contributed by atoms with van der Waals surface area (Å²) in [4.78, 5) is 18.8. The highest BCUT2D eigenvalue weighted by atomic mass is 16.5. The first kappa shape index (κ1) is 17.9. The van der Waals surface area contributed by atoms with Crippen LogP contribution in [0.1, 0.15) is 36.7 Å². The minimum Gasteiger partial charge on any atom is -0.462 e. The third-order valence-electron chi connectivity index (χ3n) is 6.37. The summed E-state index contributed by atoms with van der Waals surface area (Å²) < 4.78 is 8.35. The molecule has 8 nitrogen and oxygen atoms in total. The van der Waals surface area contributed by atoms with Crippen molar-refractivity contribution in [1.29, 1.82) is 0 Å². The van der Waals surface area contributed by atoms with Crippen LogP contribution in [0.2, 0.25) is 0 Å². The predicted molar refractivity (Wildman–Crippen MR) is 106 cm³/mol. The predicted octanol–water partition coefficient (Wildman–Crippen LogP) is 1.20. The fourth-order valence-electron chi connectivity index (χ4n) is 4.62. The number of hydrogen-bond acceptors (Lipinski definition) is 7. The number of hydrogen-bond donors (Lipinski definition) is 1. The molecule has 0 radical (unpaired) electrons. The normalized spacial score (nSPS) is 24.9. The Balaban J connectivity index is 1.44. The van der Waals surface area contributed by atoms with E-state index in [4.69, 9.17) is 14.7 Å². The van der Waals surface area contributed by atoms with E-state index in [1.807, 2.05) is 12.5 Å². The Hall–Kier alpha value is -2.19. The van der Waals surface area contributed by atoms with E-state index in [9.17, 15) is 0 Å². The van der Waals surface area contributed by atoms with Crippen molar-refractivity contribution in [3.05, 3.63) is 29.5 Å². The molecule has 1 fully saturated rings. The average Bonchev–Trinajstić information content (AvgIpc) is 3.33. The van der Waals surface area contributed by atoms with Gasteiger partial charge in [0.25, 0.3) is 0 Å². The van der Waals surface area contributed by atoms with Gasteiger partial charge in [0.15, 0.2) is 0 Å². The molecule has 150 valence electrons. The van der Waals surface area contributed by atoms with E-state index in [0.29, 0.717) is 24.7 Å². The number of nitrogens with zero attached hydrogens (tertiary/aromatic N) is 6. The molecule has 3 aliphatic heterocycles. The Morgan fingerprint density at radius 2 is 2.25 bits per heavy atom. The highest BCUT2D eigenvalue weighted by Gasteiger charge is 2.29. The van der Waals surface area contributed by atoms with Crippen LogP contribution in [0, 0.1) is 0 Å². The van der Waals surface area contributed by atoms with E-state index in [0.717, 1.165) is 50.7 Å². The van der Waals surface area contributed by atoms with Crippen LogP contribution in [-0.2, 0) is 26.1 Å². The Kier molecular flexibility index (Phi) is 4.68. The van der Waals surface area contributed by atoms with Gasteiger partial charge in [-0.05, 0) is 46.3 Å². The average molecular weight is 384 g/mol. The summed E-state index contributed by atoms with van der Waals surface area (Å²) in [5.41, 5.74) is 3.58. The van der Waals surface area contributed by atoms with Gasteiger partial charge in [0.1, 0.15) is 12.4 Å². The highest BCUT2D eigenvalue weighted by molar-refractivity contribution is 5.52. The number of fused-ring (bicyclic) bond motifs is 2. The first-order valence-corrected chi connectivity index (χ1v) is 10.4. The van der Waals surface area contributed by atoms with Crippen LogP contribution in [0.3, 0.4) is 0 Å². The summed E-state index contributed by atoms with van der Waals surface area (Å²) in [6, 6.07) is 1.33. The molecular weight excluding hydrogens is 354 g/mol. The fraction of sp³-hybridized carbons (Fsp3) is 0.650. The molecule has 3 aliphatic rings. The maximum absolute atomic E-state index is 6.11. The maximum Gasteiger partial charge on any atom is 0.318 e. The Morgan fingerprint density at radius 1 is 1.32 bits per heavy atom. The highest BCUT2D eigenvalue weighted by Crippen LogP contribution is 2.31. The molecule has 0 spiro atoms. The van der Waals surface area contributed by atoms with E-state index in [1.54, 1.807) is 0 Å². The van der Waals surface area contributed by atoms with Gasteiger partial charge in [-0.1, -0.05) is 0 Å². The van der Waals surface area contributed by atoms with Crippen molar-refractivity contribution >= 4 is 5.82 Å². The molecule has 2 atom stereocenters. The second-order valence-electron chi connectivity index (χ2n) is 8.28. The summed E-state index contributed by atoms with van der Waals surface area (Å²) in [5, 5.41) is 3.44. The molecule has 28 heavy (non-hydrogen) atoms. The Morgan fingerprint density at radius 3 is 3.11 bits per heavy atom. The van der Waals surface area contributed by atoms with Crippen molar-refractivity contribution in [2.75, 3.05) is 31.6 Å². The molecule has 2 aromatic heterocycles. The standard InChI is InChI=1S/C20H29N7O/c1-14-10-26-13-22-8-16(26)11-27(14)19-17-5-6-21-9-18(17)23-20(24-19)28-12-15-4-3-7-25(15)2/h8,13-15,21H,3-7,9-12H2,1-2H3/t14-,15+/m1/s1. The second-order valence-corrected chi connectivity index (χ2v) is 8.28. The molecular formula is C20H29N7O.